The number of primary amides is 1. The van der Waals surface area contributed by atoms with Gasteiger partial charge in [-0.15, -0.1) is 0 Å². The van der Waals surface area contributed by atoms with Gasteiger partial charge in [0.25, 0.3) is 0 Å². The van der Waals surface area contributed by atoms with Crippen LogP contribution in [0.25, 0.3) is 10.9 Å². The van der Waals surface area contributed by atoms with Crippen molar-refractivity contribution in [2.24, 2.45) is 11.1 Å². The summed E-state index contributed by atoms with van der Waals surface area (Å²) in [5, 5.41) is 12.3. The number of anilines is 2. The standard InChI is InChI=1S/C33H34FN5O7/c1-44-28-19-25-26(20-29(28)45-18-2-15-36-16-12-30(40)38-43)37-17-11-27(25)46-24-9-7-23(8-10-24)39(22-5-3-21(34)4-6-22)32(42)33(13-14-33)31(35)41/h3-11,17,19-20,36,43H,2,12-16,18H2,1H3,(H2,35,41)(H,38,40). The normalized spacial score (nSPS) is 13.1. The number of nitrogens with one attached hydrogen (secondary N) is 2. The first-order valence-corrected chi connectivity index (χ1v) is 14.7. The Hall–Kier alpha value is -5.27. The van der Waals surface area contributed by atoms with Crippen LogP contribution in [0.5, 0.6) is 23.0 Å². The summed E-state index contributed by atoms with van der Waals surface area (Å²) in [7, 11) is 1.54. The van der Waals surface area contributed by atoms with E-state index in [2.05, 4.69) is 10.3 Å². The molecule has 0 spiro atoms. The van der Waals surface area contributed by atoms with Gasteiger partial charge in [-0.25, -0.2) is 9.87 Å². The van der Waals surface area contributed by atoms with Crippen molar-refractivity contribution in [1.29, 1.82) is 0 Å². The molecule has 46 heavy (non-hydrogen) atoms. The monoisotopic (exact) mass is 631 g/mol. The fourth-order valence-corrected chi connectivity index (χ4v) is 4.92. The second-order valence-corrected chi connectivity index (χ2v) is 10.7. The fourth-order valence-electron chi connectivity index (χ4n) is 4.92. The van der Waals surface area contributed by atoms with Gasteiger partial charge in [0.05, 0.1) is 19.2 Å². The zero-order chi connectivity index (χ0) is 32.7. The number of nitrogens with zero attached hydrogens (tertiary/aromatic N) is 2. The van der Waals surface area contributed by atoms with Crippen LogP contribution < -0.4 is 35.6 Å². The number of halogens is 1. The Balaban J connectivity index is 1.30. The Morgan fingerprint density at radius 1 is 0.978 bits per heavy atom. The third kappa shape index (κ3) is 7.16. The van der Waals surface area contributed by atoms with E-state index in [-0.39, 0.29) is 6.42 Å². The molecular weight excluding hydrogens is 597 g/mol. The molecule has 1 aromatic heterocycles. The van der Waals surface area contributed by atoms with Gasteiger partial charge in [0, 0.05) is 42.0 Å². The van der Waals surface area contributed by atoms with Crippen molar-refractivity contribution >= 4 is 40.0 Å². The number of amides is 3. The zero-order valence-corrected chi connectivity index (χ0v) is 25.1. The average Bonchev–Trinajstić information content (AvgIpc) is 3.88. The van der Waals surface area contributed by atoms with Crippen LogP contribution >= 0.6 is 0 Å². The summed E-state index contributed by atoms with van der Waals surface area (Å²) < 4.78 is 31.4. The lowest BCUT2D eigenvalue weighted by Crippen LogP contribution is -2.41. The van der Waals surface area contributed by atoms with Gasteiger partial charge in [0.15, 0.2) is 11.5 Å². The highest BCUT2D eigenvalue weighted by Crippen LogP contribution is 2.49. The molecule has 1 heterocycles. The topological polar surface area (TPSA) is 165 Å². The van der Waals surface area contributed by atoms with Crippen LogP contribution in [0.4, 0.5) is 15.8 Å². The van der Waals surface area contributed by atoms with Gasteiger partial charge >= 0.3 is 0 Å². The van der Waals surface area contributed by atoms with Gasteiger partial charge in [0.2, 0.25) is 17.7 Å². The van der Waals surface area contributed by atoms with Crippen LogP contribution in [0.2, 0.25) is 0 Å². The summed E-state index contributed by atoms with van der Waals surface area (Å²) in [6, 6.07) is 17.4. The number of aromatic nitrogens is 1. The van der Waals surface area contributed by atoms with Crippen LogP contribution in [-0.2, 0) is 14.4 Å². The molecule has 1 saturated carbocycles. The maximum absolute atomic E-state index is 13.7. The Morgan fingerprint density at radius 2 is 1.67 bits per heavy atom. The number of hydrogen-bond acceptors (Lipinski definition) is 9. The molecule has 1 aliphatic carbocycles. The SMILES string of the molecule is COc1cc2c(Oc3ccc(N(C(=O)C4(C(N)=O)CC4)c4ccc(F)cc4)cc3)ccnc2cc1OCCCNCCC(=O)NO. The Morgan fingerprint density at radius 3 is 2.30 bits per heavy atom. The molecule has 0 bridgehead atoms. The molecule has 0 unspecified atom stereocenters. The highest BCUT2D eigenvalue weighted by Gasteiger charge is 2.57. The number of benzene rings is 3. The van der Waals surface area contributed by atoms with Crippen LogP contribution in [0.15, 0.2) is 72.9 Å². The smallest absolute Gasteiger partial charge is 0.247 e. The van der Waals surface area contributed by atoms with Gasteiger partial charge in [0.1, 0.15) is 22.7 Å². The lowest BCUT2D eigenvalue weighted by Gasteiger charge is -2.26. The number of hydrogen-bond donors (Lipinski definition) is 4. The number of pyridine rings is 1. The molecule has 1 fully saturated rings. The molecule has 0 atom stereocenters. The Labute approximate surface area is 264 Å². The minimum atomic E-state index is -1.28. The van der Waals surface area contributed by atoms with Crippen molar-refractivity contribution in [3.05, 3.63) is 78.7 Å². The number of hydroxylamine groups is 1. The van der Waals surface area contributed by atoms with Gasteiger partial charge < -0.3 is 25.3 Å². The minimum Gasteiger partial charge on any atom is -0.493 e. The van der Waals surface area contributed by atoms with Crippen molar-refractivity contribution in [3.63, 3.8) is 0 Å². The number of carbonyl (C=O) groups excluding carboxylic acids is 3. The third-order valence-corrected chi connectivity index (χ3v) is 7.64. The molecule has 240 valence electrons. The van der Waals surface area contributed by atoms with Crippen LogP contribution in [-0.4, -0.2) is 54.7 Å². The minimum absolute atomic E-state index is 0.168. The number of methoxy groups -OCH3 is 1. The molecule has 0 radical (unpaired) electrons. The van der Waals surface area contributed by atoms with Crippen LogP contribution in [0, 0.1) is 11.2 Å². The van der Waals surface area contributed by atoms with Gasteiger partial charge in [-0.05, 0) is 86.5 Å². The first-order chi connectivity index (χ1) is 22.3. The molecule has 5 N–H and O–H groups in total. The predicted molar refractivity (Wildman–Crippen MR) is 167 cm³/mol. The van der Waals surface area contributed by atoms with E-state index in [9.17, 15) is 18.8 Å². The van der Waals surface area contributed by atoms with E-state index in [4.69, 9.17) is 25.2 Å². The number of ether oxygens (including phenoxy) is 3. The van der Waals surface area contributed by atoms with E-state index in [1.165, 1.54) is 36.3 Å². The zero-order valence-electron chi connectivity index (χ0n) is 25.1. The summed E-state index contributed by atoms with van der Waals surface area (Å²) in [5.41, 5.74) is 7.38. The Bertz CT molecular complexity index is 1710. The lowest BCUT2D eigenvalue weighted by atomic mass is 10.0. The second kappa shape index (κ2) is 14.2. The third-order valence-electron chi connectivity index (χ3n) is 7.64. The molecule has 3 amide bonds. The molecule has 0 aliphatic heterocycles. The van der Waals surface area contributed by atoms with Crippen molar-refractivity contribution in [2.75, 3.05) is 31.7 Å². The molecule has 3 aromatic carbocycles. The van der Waals surface area contributed by atoms with E-state index in [1.807, 2.05) is 0 Å². The summed E-state index contributed by atoms with van der Waals surface area (Å²) in [6.07, 6.45) is 3.17. The molecule has 13 heteroatoms. The van der Waals surface area contributed by atoms with Crippen molar-refractivity contribution in [2.45, 2.75) is 25.7 Å². The second-order valence-electron chi connectivity index (χ2n) is 10.7. The van der Waals surface area contributed by atoms with Gasteiger partial charge in [-0.3, -0.25) is 29.5 Å². The highest BCUT2D eigenvalue weighted by atomic mass is 19.1. The van der Waals surface area contributed by atoms with Gasteiger partial charge in [-0.2, -0.15) is 0 Å². The fraction of sp³-hybridized carbons (Fsp3) is 0.273. The van der Waals surface area contributed by atoms with E-state index in [0.29, 0.717) is 84.2 Å². The number of rotatable bonds is 15. The summed E-state index contributed by atoms with van der Waals surface area (Å²) in [5.74, 6) is -0.0641. The van der Waals surface area contributed by atoms with Crippen LogP contribution in [0.1, 0.15) is 25.7 Å². The lowest BCUT2D eigenvalue weighted by molar-refractivity contribution is -0.133. The molecule has 1 aliphatic rings. The van der Waals surface area contributed by atoms with E-state index < -0.39 is 29.0 Å². The Kier molecular flexibility index (Phi) is 9.94. The van der Waals surface area contributed by atoms with Crippen LogP contribution in [0.3, 0.4) is 0 Å². The van der Waals surface area contributed by atoms with E-state index >= 15 is 0 Å². The molecule has 4 aromatic rings. The van der Waals surface area contributed by atoms with Crippen molar-refractivity contribution < 1.29 is 38.2 Å². The molecule has 12 nitrogen and oxygen atoms in total. The first-order valence-electron chi connectivity index (χ1n) is 14.7. The number of carbonyl (C=O) groups is 3. The van der Waals surface area contributed by atoms with E-state index in [1.54, 1.807) is 54.1 Å². The molecule has 5 rings (SSSR count). The summed E-state index contributed by atoms with van der Waals surface area (Å²) in [6.45, 7) is 1.44. The largest absolute Gasteiger partial charge is 0.493 e. The average molecular weight is 632 g/mol. The van der Waals surface area contributed by atoms with Crippen molar-refractivity contribution in [3.8, 4) is 23.0 Å². The quantitative estimate of drug-likeness (QED) is 0.0646. The maximum atomic E-state index is 13.7. The van der Waals surface area contributed by atoms with E-state index in [0.717, 1.165) is 0 Å². The number of nitrogens with two attached hydrogens (primary N) is 1. The summed E-state index contributed by atoms with van der Waals surface area (Å²) in [4.78, 5) is 42.6. The first kappa shape index (κ1) is 32.1. The molecular formula is C33H34FN5O7. The van der Waals surface area contributed by atoms with Gasteiger partial charge in [-0.1, -0.05) is 0 Å². The predicted octanol–water partition coefficient (Wildman–Crippen LogP) is 4.36. The number of fused-ring (bicyclic) bond motifs is 1. The molecule has 0 saturated heterocycles. The summed E-state index contributed by atoms with van der Waals surface area (Å²) >= 11 is 0. The van der Waals surface area contributed by atoms with Crippen molar-refractivity contribution in [1.82, 2.24) is 15.8 Å². The highest BCUT2D eigenvalue weighted by molar-refractivity contribution is 6.16. The maximum Gasteiger partial charge on any atom is 0.247 e.